The molecule has 2 aromatic rings. The van der Waals surface area contributed by atoms with Crippen LogP contribution in [0.1, 0.15) is 10.4 Å². The summed E-state index contributed by atoms with van der Waals surface area (Å²) < 4.78 is 14.6. The summed E-state index contributed by atoms with van der Waals surface area (Å²) in [5, 5.41) is 8.72. The van der Waals surface area contributed by atoms with Gasteiger partial charge in [-0.2, -0.15) is 0 Å². The molecule has 0 radical (unpaired) electrons. The van der Waals surface area contributed by atoms with Crippen molar-refractivity contribution in [1.82, 2.24) is 4.40 Å². The first-order chi connectivity index (χ1) is 6.20. The van der Waals surface area contributed by atoms with Crippen LogP contribution in [0, 0.1) is 5.82 Å². The maximum Gasteiger partial charge on any atom is 0.337 e. The highest BCUT2D eigenvalue weighted by atomic mass is 19.1. The normalized spacial score (nSPS) is 10.5. The van der Waals surface area contributed by atoms with Gasteiger partial charge in [-0.1, -0.05) is 0 Å². The Bertz CT molecular complexity index is 475. The molecule has 0 saturated carbocycles. The molecule has 2 rings (SSSR count). The van der Waals surface area contributed by atoms with Crippen molar-refractivity contribution in [2.24, 2.45) is 0 Å². The quantitative estimate of drug-likeness (QED) is 0.724. The Morgan fingerprint density at radius 3 is 2.85 bits per heavy atom. The molecular weight excluding hydrogens is 173 g/mol. The van der Waals surface area contributed by atoms with E-state index in [1.165, 1.54) is 28.8 Å². The van der Waals surface area contributed by atoms with E-state index in [0.29, 0.717) is 0 Å². The standard InChI is InChI=1S/C9H6FNO2/c10-7-2-1-4-11-5-3-6(8(7)11)9(12)13/h1-5H,(H,12,13). The van der Waals surface area contributed by atoms with Gasteiger partial charge in [0.15, 0.2) is 0 Å². The van der Waals surface area contributed by atoms with Crippen LogP contribution < -0.4 is 0 Å². The Hall–Kier alpha value is -1.84. The fourth-order valence-corrected chi connectivity index (χ4v) is 1.30. The number of nitrogens with zero attached hydrogens (tertiary/aromatic N) is 1. The molecule has 0 unspecified atom stereocenters. The summed E-state index contributed by atoms with van der Waals surface area (Å²) in [4.78, 5) is 10.6. The van der Waals surface area contributed by atoms with E-state index in [1.54, 1.807) is 6.20 Å². The molecule has 0 aliphatic rings. The number of carboxylic acids is 1. The van der Waals surface area contributed by atoms with E-state index >= 15 is 0 Å². The molecule has 0 aromatic carbocycles. The number of fused-ring (bicyclic) bond motifs is 1. The zero-order valence-corrected chi connectivity index (χ0v) is 6.57. The number of carboxylic acid groups (broad SMARTS) is 1. The van der Waals surface area contributed by atoms with Gasteiger partial charge in [0, 0.05) is 12.4 Å². The molecule has 3 nitrogen and oxygen atoms in total. The molecule has 13 heavy (non-hydrogen) atoms. The zero-order chi connectivity index (χ0) is 9.42. The highest BCUT2D eigenvalue weighted by molar-refractivity contribution is 5.96. The van der Waals surface area contributed by atoms with Crippen LogP contribution in [-0.4, -0.2) is 15.5 Å². The van der Waals surface area contributed by atoms with Crippen molar-refractivity contribution in [1.29, 1.82) is 0 Å². The summed E-state index contributed by atoms with van der Waals surface area (Å²) in [5.41, 5.74) is 0.0908. The molecule has 0 fully saturated rings. The predicted octanol–water partition coefficient (Wildman–Crippen LogP) is 1.78. The summed E-state index contributed by atoms with van der Waals surface area (Å²) in [6.07, 6.45) is 3.12. The van der Waals surface area contributed by atoms with Crippen LogP contribution in [0.25, 0.3) is 5.52 Å². The first-order valence-electron chi connectivity index (χ1n) is 3.68. The van der Waals surface area contributed by atoms with Gasteiger partial charge in [0.05, 0.1) is 11.1 Å². The third-order valence-electron chi connectivity index (χ3n) is 1.86. The van der Waals surface area contributed by atoms with Crippen molar-refractivity contribution in [3.8, 4) is 0 Å². The topological polar surface area (TPSA) is 41.7 Å². The van der Waals surface area contributed by atoms with E-state index in [2.05, 4.69) is 0 Å². The van der Waals surface area contributed by atoms with E-state index in [1.807, 2.05) is 0 Å². The molecule has 4 heteroatoms. The maximum absolute atomic E-state index is 13.2. The minimum atomic E-state index is -1.12. The largest absolute Gasteiger partial charge is 0.478 e. The van der Waals surface area contributed by atoms with Gasteiger partial charge < -0.3 is 9.51 Å². The Morgan fingerprint density at radius 1 is 1.38 bits per heavy atom. The van der Waals surface area contributed by atoms with Crippen LogP contribution in [0.2, 0.25) is 0 Å². The van der Waals surface area contributed by atoms with Gasteiger partial charge in [-0.05, 0) is 18.2 Å². The lowest BCUT2D eigenvalue weighted by atomic mass is 10.2. The van der Waals surface area contributed by atoms with Crippen LogP contribution in [0.4, 0.5) is 4.39 Å². The third kappa shape index (κ3) is 1.07. The lowest BCUT2D eigenvalue weighted by molar-refractivity contribution is 0.0699. The Balaban J connectivity index is 2.86. The van der Waals surface area contributed by atoms with E-state index in [4.69, 9.17) is 5.11 Å². The minimum absolute atomic E-state index is 0.0156. The molecule has 2 heterocycles. The van der Waals surface area contributed by atoms with E-state index in [9.17, 15) is 9.18 Å². The van der Waals surface area contributed by atoms with Gasteiger partial charge in [0.25, 0.3) is 0 Å². The number of aromatic carboxylic acids is 1. The number of halogens is 1. The average Bonchev–Trinajstić information content (AvgIpc) is 2.49. The van der Waals surface area contributed by atoms with Crippen LogP contribution in [0.3, 0.4) is 0 Å². The average molecular weight is 179 g/mol. The van der Waals surface area contributed by atoms with E-state index < -0.39 is 11.8 Å². The molecule has 0 saturated heterocycles. The van der Waals surface area contributed by atoms with Crippen molar-refractivity contribution in [2.45, 2.75) is 0 Å². The van der Waals surface area contributed by atoms with Gasteiger partial charge in [-0.15, -0.1) is 0 Å². The van der Waals surface area contributed by atoms with Crippen molar-refractivity contribution < 1.29 is 14.3 Å². The minimum Gasteiger partial charge on any atom is -0.478 e. The molecule has 0 atom stereocenters. The third-order valence-corrected chi connectivity index (χ3v) is 1.86. The number of carbonyl (C=O) groups is 1. The van der Waals surface area contributed by atoms with Crippen molar-refractivity contribution in [2.75, 3.05) is 0 Å². The number of pyridine rings is 1. The highest BCUT2D eigenvalue weighted by Gasteiger charge is 2.12. The molecule has 1 N–H and O–H groups in total. The predicted molar refractivity (Wildman–Crippen MR) is 44.3 cm³/mol. The van der Waals surface area contributed by atoms with Gasteiger partial charge >= 0.3 is 5.97 Å². The van der Waals surface area contributed by atoms with Crippen molar-refractivity contribution >= 4 is 11.5 Å². The second-order valence-electron chi connectivity index (χ2n) is 2.65. The van der Waals surface area contributed by atoms with Crippen LogP contribution in [0.15, 0.2) is 30.6 Å². The molecule has 0 bridgehead atoms. The molecule has 0 aliphatic heterocycles. The highest BCUT2D eigenvalue weighted by Crippen LogP contribution is 2.15. The van der Waals surface area contributed by atoms with Crippen LogP contribution in [0.5, 0.6) is 0 Å². The summed E-state index contributed by atoms with van der Waals surface area (Å²) in [5.74, 6) is -1.64. The van der Waals surface area contributed by atoms with Gasteiger partial charge in [0.1, 0.15) is 5.82 Å². The van der Waals surface area contributed by atoms with Gasteiger partial charge in [-0.3, -0.25) is 0 Å². The lowest BCUT2D eigenvalue weighted by Gasteiger charge is -1.96. The second kappa shape index (κ2) is 2.58. The molecular formula is C9H6FNO2. The first-order valence-corrected chi connectivity index (χ1v) is 3.68. The number of rotatable bonds is 1. The first kappa shape index (κ1) is 7.79. The SMILES string of the molecule is O=C(O)c1ccn2cccc(F)c12. The number of aromatic nitrogens is 1. The zero-order valence-electron chi connectivity index (χ0n) is 6.57. The monoisotopic (exact) mass is 179 g/mol. The lowest BCUT2D eigenvalue weighted by Crippen LogP contribution is -1.97. The fraction of sp³-hybridized carbons (Fsp3) is 0. The smallest absolute Gasteiger partial charge is 0.337 e. The Morgan fingerprint density at radius 2 is 2.15 bits per heavy atom. The Kier molecular flexibility index (Phi) is 1.55. The fourth-order valence-electron chi connectivity index (χ4n) is 1.30. The van der Waals surface area contributed by atoms with E-state index in [0.717, 1.165) is 0 Å². The molecule has 66 valence electrons. The Labute approximate surface area is 73.0 Å². The molecule has 0 aliphatic carbocycles. The molecule has 0 spiro atoms. The maximum atomic E-state index is 13.2. The summed E-state index contributed by atoms with van der Waals surface area (Å²) in [6, 6.07) is 4.14. The summed E-state index contributed by atoms with van der Waals surface area (Å²) in [7, 11) is 0. The number of hydrogen-bond acceptors (Lipinski definition) is 1. The molecule has 2 aromatic heterocycles. The van der Waals surface area contributed by atoms with Crippen LogP contribution in [-0.2, 0) is 0 Å². The van der Waals surface area contributed by atoms with Crippen molar-refractivity contribution in [3.05, 3.63) is 42.0 Å². The summed E-state index contributed by atoms with van der Waals surface area (Å²) in [6.45, 7) is 0. The van der Waals surface area contributed by atoms with Gasteiger partial charge in [-0.25, -0.2) is 9.18 Å². The van der Waals surface area contributed by atoms with Gasteiger partial charge in [0.2, 0.25) is 0 Å². The second-order valence-corrected chi connectivity index (χ2v) is 2.65. The summed E-state index contributed by atoms with van der Waals surface area (Å²) >= 11 is 0. The van der Waals surface area contributed by atoms with Crippen LogP contribution >= 0.6 is 0 Å². The van der Waals surface area contributed by atoms with Crippen molar-refractivity contribution in [3.63, 3.8) is 0 Å². The molecule has 0 amide bonds. The number of hydrogen-bond donors (Lipinski definition) is 1. The van der Waals surface area contributed by atoms with E-state index in [-0.39, 0.29) is 11.1 Å².